The van der Waals surface area contributed by atoms with Gasteiger partial charge in [-0.1, -0.05) is 54.6 Å². The van der Waals surface area contributed by atoms with Crippen LogP contribution in [0.15, 0.2) is 54.6 Å². The molecule has 1 N–H and O–H groups in total. The Hall–Kier alpha value is -3.06. The number of benzene rings is 2. The van der Waals surface area contributed by atoms with Crippen LogP contribution in [0.1, 0.15) is 58.1 Å². The molecule has 2 fully saturated rings. The summed E-state index contributed by atoms with van der Waals surface area (Å²) >= 11 is 0. The lowest BCUT2D eigenvalue weighted by molar-refractivity contribution is -0.143. The molecule has 1 unspecified atom stereocenters. The molecule has 1 atom stereocenters. The van der Waals surface area contributed by atoms with Crippen molar-refractivity contribution in [1.29, 1.82) is 0 Å². The molecule has 184 valence electrons. The Morgan fingerprint density at radius 3 is 2.29 bits per heavy atom. The van der Waals surface area contributed by atoms with E-state index in [1.165, 1.54) is 12.5 Å². The maximum atomic E-state index is 14.5. The number of alkyl halides is 3. The summed E-state index contributed by atoms with van der Waals surface area (Å²) in [6, 6.07) is 16.6. The number of rotatable bonds is 6. The fourth-order valence-corrected chi connectivity index (χ4v) is 5.27. The highest BCUT2D eigenvalue weighted by Crippen LogP contribution is 2.44. The van der Waals surface area contributed by atoms with Crippen LogP contribution in [0.3, 0.4) is 0 Å². The summed E-state index contributed by atoms with van der Waals surface area (Å²) < 4.78 is 44.6. The number of aliphatic hydroxyl groups is 1. The van der Waals surface area contributed by atoms with Crippen LogP contribution in [0.5, 0.6) is 0 Å². The molecular formula is C28H29F3N2O2. The van der Waals surface area contributed by atoms with Gasteiger partial charge < -0.3 is 14.6 Å². The van der Waals surface area contributed by atoms with E-state index < -0.39 is 17.8 Å². The molecular weight excluding hydrogens is 453 g/mol. The molecule has 7 heteroatoms. The van der Waals surface area contributed by atoms with Crippen molar-refractivity contribution in [3.05, 3.63) is 82.7 Å². The lowest BCUT2D eigenvalue weighted by atomic mass is 9.98. The third-order valence-electron chi connectivity index (χ3n) is 7.24. The van der Waals surface area contributed by atoms with Gasteiger partial charge in [-0.2, -0.15) is 13.2 Å². The number of likely N-dealkylation sites (tertiary alicyclic amines) is 1. The molecule has 1 aliphatic carbocycles. The third-order valence-corrected chi connectivity index (χ3v) is 7.24. The maximum Gasteiger partial charge on any atom is 0.431 e. The smallest absolute Gasteiger partial charge is 0.396 e. The minimum atomic E-state index is -4.63. The van der Waals surface area contributed by atoms with Crippen molar-refractivity contribution in [2.24, 2.45) is 5.92 Å². The van der Waals surface area contributed by atoms with Gasteiger partial charge >= 0.3 is 6.18 Å². The first-order chi connectivity index (χ1) is 16.8. The molecule has 0 spiro atoms. The molecule has 1 amide bonds. The van der Waals surface area contributed by atoms with Crippen molar-refractivity contribution < 1.29 is 23.1 Å². The molecule has 3 aromatic rings. The van der Waals surface area contributed by atoms with Gasteiger partial charge in [-0.15, -0.1) is 0 Å². The van der Waals surface area contributed by atoms with Crippen molar-refractivity contribution in [3.8, 4) is 11.1 Å². The summed E-state index contributed by atoms with van der Waals surface area (Å²) in [5.41, 5.74) is 2.17. The second kappa shape index (κ2) is 9.19. The van der Waals surface area contributed by atoms with E-state index >= 15 is 0 Å². The summed E-state index contributed by atoms with van der Waals surface area (Å²) in [4.78, 5) is 15.4. The Bertz CT molecular complexity index is 1210. The van der Waals surface area contributed by atoms with Crippen LogP contribution in [0.4, 0.5) is 13.2 Å². The van der Waals surface area contributed by atoms with E-state index in [1.54, 1.807) is 29.2 Å². The second-order valence-electron chi connectivity index (χ2n) is 9.75. The predicted octanol–water partition coefficient (Wildman–Crippen LogP) is 5.86. The minimum absolute atomic E-state index is 0.0445. The fraction of sp³-hybridized carbons (Fsp3) is 0.393. The van der Waals surface area contributed by atoms with Crippen molar-refractivity contribution in [2.75, 3.05) is 19.7 Å². The minimum Gasteiger partial charge on any atom is -0.396 e. The molecule has 4 nitrogen and oxygen atoms in total. The SMILES string of the molecule is Cc1c(-c2ccc(C3CC3)cc2)c(C(=O)N2CCC(CO)C2)n(Cc2ccccc2)c1C(F)(F)F. The van der Waals surface area contributed by atoms with Gasteiger partial charge in [0.2, 0.25) is 0 Å². The Morgan fingerprint density at radius 2 is 1.71 bits per heavy atom. The van der Waals surface area contributed by atoms with Gasteiger partial charge in [0.1, 0.15) is 11.4 Å². The van der Waals surface area contributed by atoms with Crippen LogP contribution >= 0.6 is 0 Å². The van der Waals surface area contributed by atoms with Crippen molar-refractivity contribution >= 4 is 5.91 Å². The lowest BCUT2D eigenvalue weighted by Gasteiger charge is -2.21. The standard InChI is InChI=1S/C28H29F3N2O2/c1-18-24(23-11-9-22(10-12-23)21-7-8-21)25(27(35)32-14-13-20(15-32)17-34)33(26(18)28(29,30)31)16-19-5-3-2-4-6-19/h2-6,9-12,20-21,34H,7-8,13-17H2,1H3. The Labute approximate surface area is 203 Å². The Balaban J connectivity index is 1.69. The number of nitrogens with zero attached hydrogens (tertiary/aromatic N) is 2. The van der Waals surface area contributed by atoms with Crippen molar-refractivity contribution in [1.82, 2.24) is 9.47 Å². The number of halogens is 3. The molecule has 0 bridgehead atoms. The quantitative estimate of drug-likeness (QED) is 0.478. The Morgan fingerprint density at radius 1 is 1.03 bits per heavy atom. The summed E-state index contributed by atoms with van der Waals surface area (Å²) in [5, 5.41) is 9.56. The maximum absolute atomic E-state index is 14.5. The topological polar surface area (TPSA) is 45.5 Å². The van der Waals surface area contributed by atoms with E-state index in [0.29, 0.717) is 42.1 Å². The number of hydrogen-bond donors (Lipinski definition) is 1. The monoisotopic (exact) mass is 482 g/mol. The van der Waals surface area contributed by atoms with E-state index in [4.69, 9.17) is 0 Å². The average Bonchev–Trinajstić information content (AvgIpc) is 3.50. The summed E-state index contributed by atoms with van der Waals surface area (Å²) in [6.07, 6.45) is -1.72. The highest BCUT2D eigenvalue weighted by molar-refractivity contribution is 6.01. The lowest BCUT2D eigenvalue weighted by Crippen LogP contribution is -2.32. The normalized spacial score (nSPS) is 18.3. The van der Waals surface area contributed by atoms with Gasteiger partial charge in [-0.3, -0.25) is 4.79 Å². The van der Waals surface area contributed by atoms with Gasteiger partial charge in [-0.05, 0) is 54.4 Å². The summed E-state index contributed by atoms with van der Waals surface area (Å²) in [5.74, 6) is 0.0531. The summed E-state index contributed by atoms with van der Waals surface area (Å²) in [7, 11) is 0. The highest BCUT2D eigenvalue weighted by atomic mass is 19.4. The zero-order valence-electron chi connectivity index (χ0n) is 19.7. The average molecular weight is 483 g/mol. The van der Waals surface area contributed by atoms with Crippen molar-refractivity contribution in [2.45, 2.75) is 44.8 Å². The highest BCUT2D eigenvalue weighted by Gasteiger charge is 2.42. The van der Waals surface area contributed by atoms with Crippen LogP contribution in [-0.4, -0.2) is 40.2 Å². The number of aromatic nitrogens is 1. The van der Waals surface area contributed by atoms with Gasteiger partial charge in [0.05, 0.1) is 0 Å². The first kappa shape index (κ1) is 23.7. The van der Waals surface area contributed by atoms with E-state index in [2.05, 4.69) is 0 Å². The van der Waals surface area contributed by atoms with Crippen LogP contribution < -0.4 is 0 Å². The molecule has 0 radical (unpaired) electrons. The van der Waals surface area contributed by atoms with E-state index in [9.17, 15) is 23.1 Å². The second-order valence-corrected chi connectivity index (χ2v) is 9.75. The van der Waals surface area contributed by atoms with Crippen LogP contribution in [0, 0.1) is 12.8 Å². The number of aliphatic hydroxyl groups excluding tert-OH is 1. The van der Waals surface area contributed by atoms with Crippen molar-refractivity contribution in [3.63, 3.8) is 0 Å². The van der Waals surface area contributed by atoms with E-state index in [-0.39, 0.29) is 30.3 Å². The predicted molar refractivity (Wildman–Crippen MR) is 128 cm³/mol. The molecule has 35 heavy (non-hydrogen) atoms. The third kappa shape index (κ3) is 4.61. The fourth-order valence-electron chi connectivity index (χ4n) is 5.27. The van der Waals surface area contributed by atoms with Crippen LogP contribution in [-0.2, 0) is 12.7 Å². The van der Waals surface area contributed by atoms with Gasteiger partial charge in [0.25, 0.3) is 5.91 Å². The molecule has 1 saturated heterocycles. The molecule has 5 rings (SSSR count). The molecule has 1 aromatic heterocycles. The number of carbonyl (C=O) groups excluding carboxylic acids is 1. The molecule has 1 saturated carbocycles. The van der Waals surface area contributed by atoms with E-state index in [0.717, 1.165) is 17.4 Å². The first-order valence-electron chi connectivity index (χ1n) is 12.1. The number of carbonyl (C=O) groups is 1. The number of hydrogen-bond acceptors (Lipinski definition) is 2. The zero-order chi connectivity index (χ0) is 24.7. The molecule has 2 heterocycles. The van der Waals surface area contributed by atoms with E-state index in [1.807, 2.05) is 30.3 Å². The molecule has 2 aliphatic rings. The molecule has 1 aliphatic heterocycles. The zero-order valence-corrected chi connectivity index (χ0v) is 19.7. The van der Waals surface area contributed by atoms with Gasteiger partial charge in [0.15, 0.2) is 0 Å². The van der Waals surface area contributed by atoms with Crippen LogP contribution in [0.25, 0.3) is 11.1 Å². The molecule has 2 aromatic carbocycles. The Kier molecular flexibility index (Phi) is 6.21. The first-order valence-corrected chi connectivity index (χ1v) is 12.1. The number of amides is 1. The van der Waals surface area contributed by atoms with Gasteiger partial charge in [-0.25, -0.2) is 0 Å². The summed E-state index contributed by atoms with van der Waals surface area (Å²) in [6.45, 7) is 2.12. The largest absolute Gasteiger partial charge is 0.431 e. The van der Waals surface area contributed by atoms with Gasteiger partial charge in [0, 0.05) is 37.7 Å². The van der Waals surface area contributed by atoms with Crippen LogP contribution in [0.2, 0.25) is 0 Å².